The second-order valence-corrected chi connectivity index (χ2v) is 21.8. The fraction of sp³-hybridized carbons (Fsp3) is 0. The summed E-state index contributed by atoms with van der Waals surface area (Å²) >= 11 is 0. The van der Waals surface area contributed by atoms with Crippen molar-refractivity contribution in [2.75, 3.05) is 39.2 Å². The molecular formula is C76H48F6N8. The van der Waals surface area contributed by atoms with Gasteiger partial charge in [0.05, 0.1) is 34.1 Å². The summed E-state index contributed by atoms with van der Waals surface area (Å²) in [6, 6.07) is 87.1. The van der Waals surface area contributed by atoms with Crippen LogP contribution in [0.1, 0.15) is 0 Å². The zero-order chi connectivity index (χ0) is 60.7. The molecule has 0 fully saturated rings. The molecule has 0 amide bonds. The predicted octanol–water partition coefficient (Wildman–Crippen LogP) is 21.0. The van der Waals surface area contributed by atoms with E-state index in [0.29, 0.717) is 97.2 Å². The monoisotopic (exact) mass is 1190 g/mol. The van der Waals surface area contributed by atoms with Gasteiger partial charge in [-0.05, 0) is 132 Å². The molecule has 0 saturated heterocycles. The molecule has 0 bridgehead atoms. The molecule has 16 rings (SSSR count). The van der Waals surface area contributed by atoms with Crippen molar-refractivity contribution in [1.82, 2.24) is 0 Å². The lowest BCUT2D eigenvalue weighted by Gasteiger charge is -2.34. The van der Waals surface area contributed by atoms with Crippen molar-refractivity contribution in [2.45, 2.75) is 0 Å². The number of fused-ring (bicyclic) bond motifs is 4. The van der Waals surface area contributed by atoms with E-state index in [1.165, 1.54) is 36.4 Å². The van der Waals surface area contributed by atoms with Crippen molar-refractivity contribution in [2.24, 2.45) is 0 Å². The molecule has 0 aromatic heterocycles. The molecule has 0 radical (unpaired) electrons. The first-order chi connectivity index (χ1) is 44.2. The average Bonchev–Trinajstić information content (AvgIpc) is 1.56. The van der Waals surface area contributed by atoms with Gasteiger partial charge in [0.25, 0.3) is 0 Å². The van der Waals surface area contributed by atoms with Gasteiger partial charge >= 0.3 is 0 Å². The van der Waals surface area contributed by atoms with Crippen LogP contribution in [-0.4, -0.2) is 0 Å². The first-order valence-corrected chi connectivity index (χ1v) is 29.2. The van der Waals surface area contributed by atoms with Crippen LogP contribution in [0.4, 0.5) is 117 Å². The van der Waals surface area contributed by atoms with Crippen molar-refractivity contribution >= 4 is 91.0 Å². The van der Waals surface area contributed by atoms with Crippen molar-refractivity contribution in [3.05, 3.63) is 349 Å². The molecule has 4 aliphatic heterocycles. The van der Waals surface area contributed by atoms with Gasteiger partial charge in [-0.1, -0.05) is 146 Å². The van der Waals surface area contributed by atoms with Gasteiger partial charge in [-0.2, -0.15) is 0 Å². The van der Waals surface area contributed by atoms with E-state index >= 15 is 26.3 Å². The summed E-state index contributed by atoms with van der Waals surface area (Å²) < 4.78 is 98.0. The van der Waals surface area contributed by atoms with Crippen LogP contribution in [0.15, 0.2) is 314 Å². The van der Waals surface area contributed by atoms with Crippen LogP contribution in [0.3, 0.4) is 0 Å². The predicted molar refractivity (Wildman–Crippen MR) is 347 cm³/mol. The van der Waals surface area contributed by atoms with Crippen molar-refractivity contribution in [1.29, 1.82) is 0 Å². The first-order valence-electron chi connectivity index (χ1n) is 29.2. The highest BCUT2D eigenvalue weighted by Gasteiger charge is 2.48. The standard InChI is InChI=1S/C76H48F6N8/c77-59-33-19-35-65-71(59)89(56-31-17-6-18-32-56)75(83(65)51-21-7-1-8-22-51)76-84(52-23-9-2-10-24-52)66-36-20-34-60(78)72(66)90(76)58-43-39-50(40-44-58)49-37-41-57(42-38-49)88-70-48-64(82)63(81)47-69(70)87(55-29-15-5-16-30-55)74(88)73-85(53-25-11-3-12-26-53)67-45-61(79)62(80)46-68(67)86(73)54-27-13-4-14-28-54/h1-48H/b76-75+. The van der Waals surface area contributed by atoms with Gasteiger partial charge in [-0.15, -0.1) is 0 Å². The Balaban J connectivity index is 0.876. The average molecular weight is 1190 g/mol. The summed E-state index contributed by atoms with van der Waals surface area (Å²) in [5.74, 6) is -3.33. The lowest BCUT2D eigenvalue weighted by Crippen LogP contribution is -2.33. The van der Waals surface area contributed by atoms with Gasteiger partial charge in [0.1, 0.15) is 23.0 Å². The van der Waals surface area contributed by atoms with E-state index in [1.807, 2.05) is 282 Å². The Kier molecular flexibility index (Phi) is 12.8. The fourth-order valence-corrected chi connectivity index (χ4v) is 12.8. The molecule has 434 valence electrons. The minimum atomic E-state index is -1.08. The van der Waals surface area contributed by atoms with Crippen LogP contribution in [0, 0.1) is 34.9 Å². The topological polar surface area (TPSA) is 25.9 Å². The molecule has 0 saturated carbocycles. The highest BCUT2D eigenvalue weighted by molar-refractivity contribution is 6.03. The largest absolute Gasteiger partial charge is 0.291 e. The normalized spacial score (nSPS) is 14.9. The second kappa shape index (κ2) is 21.5. The summed E-state index contributed by atoms with van der Waals surface area (Å²) in [7, 11) is 0. The molecule has 0 aliphatic carbocycles. The molecule has 0 atom stereocenters. The van der Waals surface area contributed by atoms with Gasteiger partial charge in [0.15, 0.2) is 46.6 Å². The third-order valence-electron chi connectivity index (χ3n) is 16.6. The third kappa shape index (κ3) is 8.55. The zero-order valence-corrected chi connectivity index (χ0v) is 47.6. The van der Waals surface area contributed by atoms with E-state index in [4.69, 9.17) is 0 Å². The molecular weight excluding hydrogens is 1140 g/mol. The summed E-state index contributed by atoms with van der Waals surface area (Å²) in [5.41, 5.74) is 9.70. The smallest absolute Gasteiger partial charge is 0.166 e. The number of anilines is 16. The van der Waals surface area contributed by atoms with Crippen LogP contribution in [-0.2, 0) is 0 Å². The van der Waals surface area contributed by atoms with E-state index in [2.05, 4.69) is 0 Å². The van der Waals surface area contributed by atoms with Gasteiger partial charge in [0.2, 0.25) is 0 Å². The molecule has 90 heavy (non-hydrogen) atoms. The van der Waals surface area contributed by atoms with Crippen molar-refractivity contribution in [3.63, 3.8) is 0 Å². The Morgan fingerprint density at radius 3 is 0.644 bits per heavy atom. The van der Waals surface area contributed by atoms with Gasteiger partial charge in [0, 0.05) is 69.8 Å². The number of para-hydroxylation sites is 8. The highest BCUT2D eigenvalue weighted by Crippen LogP contribution is 2.60. The lowest BCUT2D eigenvalue weighted by molar-refractivity contribution is 0.509. The van der Waals surface area contributed by atoms with Gasteiger partial charge in [-0.25, -0.2) is 26.3 Å². The van der Waals surface area contributed by atoms with E-state index in [9.17, 15) is 0 Å². The number of rotatable bonds is 9. The Morgan fingerprint density at radius 2 is 0.378 bits per heavy atom. The number of hydrogen-bond acceptors (Lipinski definition) is 8. The Hall–Kier alpha value is -11.9. The molecule has 4 aliphatic rings. The number of benzene rings is 12. The van der Waals surface area contributed by atoms with Crippen molar-refractivity contribution < 1.29 is 26.3 Å². The summed E-state index contributed by atoms with van der Waals surface area (Å²) in [5, 5.41) is 0. The SMILES string of the molecule is Fc1cc2c(cc1F)N(c1ccccc1)C(=C1N(c3ccccc3)c3cc(F)c(F)cc3N1c1ccc(-c3ccc(N4/C(=C5\N(c6ccccc6)c6cccc(F)c6N5c5ccccc5)N(c5ccccc5)c5cccc(F)c54)cc3)cc1)N2c1ccccc1. The maximum atomic E-state index is 17.3. The van der Waals surface area contributed by atoms with Gasteiger partial charge < -0.3 is 0 Å². The molecule has 8 nitrogen and oxygen atoms in total. The summed E-state index contributed by atoms with van der Waals surface area (Å²) in [6.07, 6.45) is 0. The van der Waals surface area contributed by atoms with E-state index < -0.39 is 34.9 Å². The maximum Gasteiger partial charge on any atom is 0.166 e. The van der Waals surface area contributed by atoms with E-state index in [-0.39, 0.29) is 5.69 Å². The van der Waals surface area contributed by atoms with Crippen LogP contribution in [0.5, 0.6) is 0 Å². The summed E-state index contributed by atoms with van der Waals surface area (Å²) in [6.45, 7) is 0. The number of hydrogen-bond donors (Lipinski definition) is 0. The lowest BCUT2D eigenvalue weighted by atomic mass is 10.0. The van der Waals surface area contributed by atoms with Crippen LogP contribution >= 0.6 is 0 Å². The molecule has 0 N–H and O–H groups in total. The van der Waals surface area contributed by atoms with Crippen LogP contribution in [0.25, 0.3) is 11.1 Å². The minimum Gasteiger partial charge on any atom is -0.291 e. The quantitative estimate of drug-likeness (QED) is 0.132. The highest BCUT2D eigenvalue weighted by atomic mass is 19.2. The minimum absolute atomic E-state index is 0.285. The summed E-state index contributed by atoms with van der Waals surface area (Å²) in [4.78, 5) is 15.2. The van der Waals surface area contributed by atoms with Crippen molar-refractivity contribution in [3.8, 4) is 11.1 Å². The van der Waals surface area contributed by atoms with Crippen LogP contribution in [0.2, 0.25) is 0 Å². The molecule has 4 heterocycles. The number of nitrogens with zero attached hydrogens (tertiary/aromatic N) is 8. The third-order valence-corrected chi connectivity index (χ3v) is 16.6. The fourth-order valence-electron chi connectivity index (χ4n) is 12.8. The zero-order valence-electron chi connectivity index (χ0n) is 47.6. The molecule has 0 unspecified atom stereocenters. The van der Waals surface area contributed by atoms with Gasteiger partial charge in [-0.3, -0.25) is 39.2 Å². The van der Waals surface area contributed by atoms with E-state index in [0.717, 1.165) is 22.5 Å². The molecule has 14 heteroatoms. The Morgan fingerprint density at radius 1 is 0.167 bits per heavy atom. The Bertz CT molecular complexity index is 4740. The number of halogens is 6. The Labute approximate surface area is 514 Å². The molecule has 0 spiro atoms. The first kappa shape index (κ1) is 53.6. The van der Waals surface area contributed by atoms with Crippen LogP contribution < -0.4 is 39.2 Å². The molecule has 12 aromatic carbocycles. The molecule has 12 aromatic rings. The van der Waals surface area contributed by atoms with E-state index in [1.54, 1.807) is 12.1 Å². The maximum absolute atomic E-state index is 17.3. The second-order valence-electron chi connectivity index (χ2n) is 21.8.